The van der Waals surface area contributed by atoms with Crippen LogP contribution in [0.2, 0.25) is 0 Å². The van der Waals surface area contributed by atoms with E-state index in [0.717, 1.165) is 32.1 Å². The molecule has 0 aliphatic carbocycles. The number of ether oxygens (including phenoxy) is 1. The molecule has 0 radical (unpaired) electrons. The summed E-state index contributed by atoms with van der Waals surface area (Å²) in [6.45, 7) is 2.88. The topological polar surface area (TPSA) is 63.6 Å². The first-order valence-corrected chi connectivity index (χ1v) is 16.0. The Labute approximate surface area is 224 Å². The molecule has 0 heterocycles. The standard InChI is InChI=1S/C32H62O4/c1-2-3-4-5-6-7-8-15-18-21-24-27-30-36-32(35)29-26-23-20-17-14-12-10-9-11-13-16-19-22-25-28-31(33)34/h2-30H2,1H3,(H,33,34). The minimum absolute atomic E-state index is 0.0000384. The van der Waals surface area contributed by atoms with Crippen molar-refractivity contribution in [2.75, 3.05) is 6.61 Å². The second-order valence-corrected chi connectivity index (χ2v) is 11.0. The summed E-state index contributed by atoms with van der Waals surface area (Å²) >= 11 is 0. The fourth-order valence-electron chi connectivity index (χ4n) is 4.87. The maximum atomic E-state index is 11.9. The van der Waals surface area contributed by atoms with Gasteiger partial charge in [-0.15, -0.1) is 0 Å². The molecule has 1 N–H and O–H groups in total. The van der Waals surface area contributed by atoms with Gasteiger partial charge < -0.3 is 9.84 Å². The Bertz CT molecular complexity index is 463. The van der Waals surface area contributed by atoms with Gasteiger partial charge in [0.05, 0.1) is 6.61 Å². The minimum atomic E-state index is -0.669. The first kappa shape index (κ1) is 34.9. The molecule has 0 fully saturated rings. The van der Waals surface area contributed by atoms with Gasteiger partial charge in [-0.3, -0.25) is 9.59 Å². The highest BCUT2D eigenvalue weighted by Crippen LogP contribution is 2.14. The van der Waals surface area contributed by atoms with Crippen molar-refractivity contribution >= 4 is 11.9 Å². The minimum Gasteiger partial charge on any atom is -0.481 e. The van der Waals surface area contributed by atoms with Crippen molar-refractivity contribution in [2.45, 2.75) is 187 Å². The number of hydrogen-bond donors (Lipinski definition) is 1. The van der Waals surface area contributed by atoms with Crippen molar-refractivity contribution in [1.29, 1.82) is 0 Å². The highest BCUT2D eigenvalue weighted by Gasteiger charge is 2.03. The fourth-order valence-corrected chi connectivity index (χ4v) is 4.87. The van der Waals surface area contributed by atoms with Gasteiger partial charge in [0.25, 0.3) is 0 Å². The molecular formula is C32H62O4. The summed E-state index contributed by atoms with van der Waals surface area (Å²) in [4.78, 5) is 22.3. The zero-order valence-electron chi connectivity index (χ0n) is 24.2. The smallest absolute Gasteiger partial charge is 0.305 e. The predicted molar refractivity (Wildman–Crippen MR) is 154 cm³/mol. The van der Waals surface area contributed by atoms with Crippen molar-refractivity contribution in [3.63, 3.8) is 0 Å². The molecule has 0 aromatic rings. The zero-order valence-corrected chi connectivity index (χ0v) is 24.2. The molecular weight excluding hydrogens is 448 g/mol. The zero-order chi connectivity index (χ0) is 26.4. The summed E-state index contributed by atoms with van der Waals surface area (Å²) in [7, 11) is 0. The van der Waals surface area contributed by atoms with E-state index in [4.69, 9.17) is 9.84 Å². The number of carboxylic acids is 1. The third kappa shape index (κ3) is 31.0. The second kappa shape index (κ2) is 30.2. The van der Waals surface area contributed by atoms with Crippen LogP contribution in [0.3, 0.4) is 0 Å². The molecule has 0 rings (SSSR count). The molecule has 36 heavy (non-hydrogen) atoms. The van der Waals surface area contributed by atoms with Gasteiger partial charge in [-0.1, -0.05) is 155 Å². The van der Waals surface area contributed by atoms with Gasteiger partial charge in [-0.05, 0) is 19.3 Å². The number of carbonyl (C=O) groups is 2. The van der Waals surface area contributed by atoms with Crippen LogP contribution >= 0.6 is 0 Å². The molecule has 0 unspecified atom stereocenters. The van der Waals surface area contributed by atoms with Gasteiger partial charge in [-0.2, -0.15) is 0 Å². The van der Waals surface area contributed by atoms with Gasteiger partial charge >= 0.3 is 11.9 Å². The van der Waals surface area contributed by atoms with E-state index >= 15 is 0 Å². The number of esters is 1. The van der Waals surface area contributed by atoms with Gasteiger partial charge in [-0.25, -0.2) is 0 Å². The van der Waals surface area contributed by atoms with Crippen LogP contribution in [0.1, 0.15) is 187 Å². The van der Waals surface area contributed by atoms with Crippen LogP contribution in [-0.4, -0.2) is 23.7 Å². The fraction of sp³-hybridized carbons (Fsp3) is 0.938. The lowest BCUT2D eigenvalue weighted by atomic mass is 10.0. The number of unbranched alkanes of at least 4 members (excludes halogenated alkanes) is 24. The SMILES string of the molecule is CCCCCCCCCCCCCCOC(=O)CCCCCCCCCCCCCCCCC(=O)O. The third-order valence-electron chi connectivity index (χ3n) is 7.28. The summed E-state index contributed by atoms with van der Waals surface area (Å²) in [5.74, 6) is -0.669. The Kier molecular flexibility index (Phi) is 29.3. The van der Waals surface area contributed by atoms with Crippen molar-refractivity contribution in [3.8, 4) is 0 Å². The molecule has 0 amide bonds. The summed E-state index contributed by atoms with van der Waals surface area (Å²) in [6, 6.07) is 0. The Hall–Kier alpha value is -1.06. The van der Waals surface area contributed by atoms with E-state index < -0.39 is 5.97 Å². The molecule has 0 saturated heterocycles. The monoisotopic (exact) mass is 510 g/mol. The number of aliphatic carboxylic acids is 1. The van der Waals surface area contributed by atoms with E-state index in [1.165, 1.54) is 135 Å². The highest BCUT2D eigenvalue weighted by molar-refractivity contribution is 5.69. The van der Waals surface area contributed by atoms with Crippen molar-refractivity contribution < 1.29 is 19.4 Å². The van der Waals surface area contributed by atoms with Gasteiger partial charge in [0, 0.05) is 12.8 Å². The van der Waals surface area contributed by atoms with E-state index in [0.29, 0.717) is 19.4 Å². The quantitative estimate of drug-likeness (QED) is 0.0770. The molecule has 0 aromatic heterocycles. The van der Waals surface area contributed by atoms with Crippen LogP contribution < -0.4 is 0 Å². The first-order valence-electron chi connectivity index (χ1n) is 16.0. The lowest BCUT2D eigenvalue weighted by molar-refractivity contribution is -0.144. The normalized spacial score (nSPS) is 11.1. The van der Waals surface area contributed by atoms with Crippen LogP contribution in [0.15, 0.2) is 0 Å². The summed E-state index contributed by atoms with van der Waals surface area (Å²) in [6.07, 6.45) is 33.8. The van der Waals surface area contributed by atoms with E-state index in [1.807, 2.05) is 0 Å². The number of hydrogen-bond acceptors (Lipinski definition) is 3. The van der Waals surface area contributed by atoms with Crippen LogP contribution in [0.5, 0.6) is 0 Å². The molecule has 0 atom stereocenters. The molecule has 0 aliphatic heterocycles. The molecule has 214 valence electrons. The molecule has 0 spiro atoms. The number of carbonyl (C=O) groups excluding carboxylic acids is 1. The molecule has 0 saturated carbocycles. The maximum absolute atomic E-state index is 11.9. The largest absolute Gasteiger partial charge is 0.481 e. The molecule has 4 nitrogen and oxygen atoms in total. The predicted octanol–water partition coefficient (Wildman–Crippen LogP) is 10.6. The molecule has 0 aromatic carbocycles. The Morgan fingerprint density at radius 2 is 0.750 bits per heavy atom. The van der Waals surface area contributed by atoms with E-state index in [9.17, 15) is 9.59 Å². The average Bonchev–Trinajstić information content (AvgIpc) is 2.86. The highest BCUT2D eigenvalue weighted by atomic mass is 16.5. The number of rotatable bonds is 30. The van der Waals surface area contributed by atoms with Crippen LogP contribution in [-0.2, 0) is 14.3 Å². The number of carboxylic acid groups (broad SMARTS) is 1. The summed E-state index contributed by atoms with van der Waals surface area (Å²) < 4.78 is 5.40. The summed E-state index contributed by atoms with van der Waals surface area (Å²) in [5.41, 5.74) is 0. The van der Waals surface area contributed by atoms with Crippen molar-refractivity contribution in [3.05, 3.63) is 0 Å². The lowest BCUT2D eigenvalue weighted by Crippen LogP contribution is -2.05. The van der Waals surface area contributed by atoms with Crippen LogP contribution in [0.4, 0.5) is 0 Å². The summed E-state index contributed by atoms with van der Waals surface area (Å²) in [5, 5.41) is 8.61. The van der Waals surface area contributed by atoms with Crippen molar-refractivity contribution in [2.24, 2.45) is 0 Å². The maximum Gasteiger partial charge on any atom is 0.305 e. The van der Waals surface area contributed by atoms with Crippen LogP contribution in [0, 0.1) is 0 Å². The van der Waals surface area contributed by atoms with Crippen molar-refractivity contribution in [1.82, 2.24) is 0 Å². The van der Waals surface area contributed by atoms with Gasteiger partial charge in [0.1, 0.15) is 0 Å². The first-order chi connectivity index (χ1) is 17.7. The molecule has 0 bridgehead atoms. The Balaban J connectivity index is 3.15. The molecule has 4 heteroatoms. The second-order valence-electron chi connectivity index (χ2n) is 11.0. The van der Waals surface area contributed by atoms with E-state index in [-0.39, 0.29) is 5.97 Å². The van der Waals surface area contributed by atoms with E-state index in [2.05, 4.69) is 6.92 Å². The third-order valence-corrected chi connectivity index (χ3v) is 7.28. The van der Waals surface area contributed by atoms with Gasteiger partial charge in [0.15, 0.2) is 0 Å². The average molecular weight is 511 g/mol. The Morgan fingerprint density at radius 3 is 1.11 bits per heavy atom. The lowest BCUT2D eigenvalue weighted by Gasteiger charge is -2.06. The molecule has 0 aliphatic rings. The van der Waals surface area contributed by atoms with Crippen LogP contribution in [0.25, 0.3) is 0 Å². The Morgan fingerprint density at radius 1 is 0.444 bits per heavy atom. The van der Waals surface area contributed by atoms with Gasteiger partial charge in [0.2, 0.25) is 0 Å². The van der Waals surface area contributed by atoms with E-state index in [1.54, 1.807) is 0 Å².